The molecule has 2 aromatic carbocycles. The number of benzene rings is 2. The molecule has 2 amide bonds. The fourth-order valence-corrected chi connectivity index (χ4v) is 6.08. The predicted molar refractivity (Wildman–Crippen MR) is 147 cm³/mol. The van der Waals surface area contributed by atoms with Gasteiger partial charge < -0.3 is 15.7 Å². The van der Waals surface area contributed by atoms with Gasteiger partial charge in [0.2, 0.25) is 5.91 Å². The van der Waals surface area contributed by atoms with Gasteiger partial charge in [-0.05, 0) is 66.1 Å². The van der Waals surface area contributed by atoms with Crippen LogP contribution in [0.3, 0.4) is 0 Å². The van der Waals surface area contributed by atoms with E-state index in [1.807, 2.05) is 0 Å². The zero-order chi connectivity index (χ0) is 31.3. The largest absolute Gasteiger partial charge is 0.386 e. The predicted octanol–water partition coefficient (Wildman–Crippen LogP) is 4.91. The molecule has 0 radical (unpaired) electrons. The molecule has 0 aliphatic heterocycles. The van der Waals surface area contributed by atoms with E-state index in [1.165, 1.54) is 25.4 Å². The van der Waals surface area contributed by atoms with Crippen molar-refractivity contribution in [3.8, 4) is 11.1 Å². The zero-order valence-corrected chi connectivity index (χ0v) is 23.2. The van der Waals surface area contributed by atoms with Gasteiger partial charge in [-0.3, -0.25) is 19.3 Å². The summed E-state index contributed by atoms with van der Waals surface area (Å²) in [7, 11) is 1.36. The van der Waals surface area contributed by atoms with Crippen LogP contribution >= 0.6 is 0 Å². The van der Waals surface area contributed by atoms with Crippen LogP contribution in [0.25, 0.3) is 11.1 Å². The molecule has 3 unspecified atom stereocenters. The van der Waals surface area contributed by atoms with Crippen molar-refractivity contribution in [1.29, 1.82) is 0 Å². The van der Waals surface area contributed by atoms with E-state index in [9.17, 15) is 36.6 Å². The van der Waals surface area contributed by atoms with Crippen molar-refractivity contribution in [1.82, 2.24) is 25.4 Å². The first-order valence-electron chi connectivity index (χ1n) is 13.8. The molecule has 1 saturated carbocycles. The van der Waals surface area contributed by atoms with E-state index in [-0.39, 0.29) is 46.3 Å². The van der Waals surface area contributed by atoms with E-state index >= 15 is 0 Å². The van der Waals surface area contributed by atoms with Gasteiger partial charge in [0.15, 0.2) is 0 Å². The van der Waals surface area contributed by atoms with Crippen LogP contribution < -0.4 is 10.6 Å². The molecule has 6 rings (SSSR count). The van der Waals surface area contributed by atoms with Gasteiger partial charge >= 0.3 is 0 Å². The Hall–Kier alpha value is -4.65. The van der Waals surface area contributed by atoms with Crippen LogP contribution in [0.1, 0.15) is 69.5 Å². The van der Waals surface area contributed by atoms with Crippen LogP contribution in [0.2, 0.25) is 0 Å². The van der Waals surface area contributed by atoms with E-state index in [2.05, 4.69) is 20.7 Å². The maximum atomic E-state index is 14.4. The smallest absolute Gasteiger partial charge is 0.282 e. The minimum absolute atomic E-state index is 0.139. The molecule has 2 aliphatic carbocycles. The summed E-state index contributed by atoms with van der Waals surface area (Å²) >= 11 is 0. The van der Waals surface area contributed by atoms with Gasteiger partial charge in [0.1, 0.15) is 29.7 Å². The highest BCUT2D eigenvalue weighted by Crippen LogP contribution is 2.63. The highest BCUT2D eigenvalue weighted by molar-refractivity contribution is 5.95. The number of hydrogen-bond acceptors (Lipinski definition) is 5. The maximum Gasteiger partial charge on any atom is 0.282 e. The third-order valence-corrected chi connectivity index (χ3v) is 8.07. The number of carbonyl (C=O) groups is 2. The molecule has 13 heteroatoms. The van der Waals surface area contributed by atoms with Crippen LogP contribution in [-0.2, 0) is 17.8 Å². The zero-order valence-electron chi connectivity index (χ0n) is 23.2. The summed E-state index contributed by atoms with van der Waals surface area (Å²) in [5, 5.41) is 19.8. The summed E-state index contributed by atoms with van der Waals surface area (Å²) in [6.45, 7) is -0.515. The number of amides is 2. The summed E-state index contributed by atoms with van der Waals surface area (Å²) < 4.78 is 71.3. The molecule has 4 aromatic rings. The molecule has 0 spiro atoms. The third-order valence-electron chi connectivity index (χ3n) is 8.07. The molecule has 1 fully saturated rings. The van der Waals surface area contributed by atoms with Crippen molar-refractivity contribution in [2.24, 2.45) is 5.92 Å². The summed E-state index contributed by atoms with van der Waals surface area (Å²) in [5.74, 6) is -4.18. The number of hydrogen-bond donors (Lipinski definition) is 3. The summed E-state index contributed by atoms with van der Waals surface area (Å²) in [5.41, 5.74) is 0.983. The maximum absolute atomic E-state index is 14.4. The minimum atomic E-state index is -2.89. The summed E-state index contributed by atoms with van der Waals surface area (Å²) in [6, 6.07) is 8.97. The second-order valence-corrected chi connectivity index (χ2v) is 10.9. The highest BCUT2D eigenvalue weighted by atomic mass is 19.3. The number of alkyl halides is 2. The number of aliphatic hydroxyl groups is 1. The molecule has 2 aliphatic rings. The molecule has 2 aromatic heterocycles. The summed E-state index contributed by atoms with van der Waals surface area (Å²) in [4.78, 5) is 30.1. The topological polar surface area (TPSA) is 109 Å². The molecule has 44 heavy (non-hydrogen) atoms. The molecule has 2 heterocycles. The van der Waals surface area contributed by atoms with E-state index in [4.69, 9.17) is 0 Å². The van der Waals surface area contributed by atoms with Crippen molar-refractivity contribution in [2.75, 3.05) is 7.05 Å². The molecule has 8 nitrogen and oxygen atoms in total. The highest BCUT2D eigenvalue weighted by Gasteiger charge is 2.56. The number of pyridine rings is 1. The molecule has 0 saturated heterocycles. The van der Waals surface area contributed by atoms with Crippen LogP contribution in [0.15, 0.2) is 54.7 Å². The normalized spacial score (nSPS) is 19.0. The van der Waals surface area contributed by atoms with Crippen molar-refractivity contribution < 1.29 is 36.6 Å². The quantitative estimate of drug-likeness (QED) is 0.233. The number of aliphatic hydroxyl groups excluding tert-OH is 1. The summed E-state index contributed by atoms with van der Waals surface area (Å²) in [6.07, 6.45) is -2.04. The van der Waals surface area contributed by atoms with Crippen molar-refractivity contribution in [3.63, 3.8) is 0 Å². The van der Waals surface area contributed by atoms with E-state index in [0.717, 1.165) is 22.9 Å². The Morgan fingerprint density at radius 2 is 1.82 bits per heavy atom. The molecule has 3 N–H and O–H groups in total. The average Bonchev–Trinajstić information content (AvgIpc) is 3.61. The van der Waals surface area contributed by atoms with Gasteiger partial charge in [0.05, 0.1) is 29.1 Å². The first kappa shape index (κ1) is 29.4. The Bertz CT molecular complexity index is 1760. The van der Waals surface area contributed by atoms with Gasteiger partial charge in [0, 0.05) is 30.4 Å². The average molecular weight is 612 g/mol. The number of halogens is 5. The van der Waals surface area contributed by atoms with E-state index in [1.54, 1.807) is 12.1 Å². The monoisotopic (exact) mass is 611 g/mol. The molecule has 4 atom stereocenters. The molecule has 0 bridgehead atoms. The molecule has 228 valence electrons. The molecular weight excluding hydrogens is 585 g/mol. The second-order valence-electron chi connectivity index (χ2n) is 10.9. The Labute approximate surface area is 247 Å². The fraction of sp³-hybridized carbons (Fsp3) is 0.290. The van der Waals surface area contributed by atoms with Crippen LogP contribution in [0, 0.1) is 23.4 Å². The van der Waals surface area contributed by atoms with Crippen LogP contribution in [0.5, 0.6) is 0 Å². The van der Waals surface area contributed by atoms with Gasteiger partial charge in [-0.25, -0.2) is 22.0 Å². The standard InChI is InChI=1S/C31H26F5N5O3/c1-37-31(44)21-10-15(4-5-22(21)34)18-3-2-6-38-26(18)23(9-14-7-16(32)11-17(33)8-14)39-24(42)13-41-28-25(27(40-41)30(35)36)19-12-20(19)29(28)43/h2-8,10-11,19-20,23,29-30,43H,9,12-13H2,1H3,(H,37,44)(H,39,42)/t19?,20?,23-,29?/m0/s1. The first-order valence-corrected chi connectivity index (χ1v) is 13.8. The lowest BCUT2D eigenvalue weighted by atomic mass is 9.94. The second kappa shape index (κ2) is 11.5. The number of aromatic nitrogens is 3. The van der Waals surface area contributed by atoms with Gasteiger partial charge in [0.25, 0.3) is 12.3 Å². The van der Waals surface area contributed by atoms with Crippen LogP contribution in [-0.4, -0.2) is 38.7 Å². The van der Waals surface area contributed by atoms with Crippen molar-refractivity contribution >= 4 is 11.8 Å². The van der Waals surface area contributed by atoms with E-state index < -0.39 is 60.1 Å². The minimum Gasteiger partial charge on any atom is -0.386 e. The lowest BCUT2D eigenvalue weighted by Crippen LogP contribution is -2.34. The Kier molecular flexibility index (Phi) is 7.66. The number of carbonyl (C=O) groups excluding carboxylic acids is 2. The fourth-order valence-electron chi connectivity index (χ4n) is 6.08. The Morgan fingerprint density at radius 1 is 1.07 bits per heavy atom. The molecular formula is C31H26F5N5O3. The Morgan fingerprint density at radius 3 is 2.52 bits per heavy atom. The Balaban J connectivity index is 1.36. The van der Waals surface area contributed by atoms with Crippen molar-refractivity contribution in [3.05, 3.63) is 106 Å². The first-order chi connectivity index (χ1) is 21.0. The lowest BCUT2D eigenvalue weighted by molar-refractivity contribution is -0.122. The van der Waals surface area contributed by atoms with Gasteiger partial charge in [-0.2, -0.15) is 5.10 Å². The number of fused-ring (bicyclic) bond motifs is 3. The van der Waals surface area contributed by atoms with Gasteiger partial charge in [-0.15, -0.1) is 0 Å². The number of nitrogens with one attached hydrogen (secondary N) is 2. The third kappa shape index (κ3) is 5.43. The lowest BCUT2D eigenvalue weighted by Gasteiger charge is -2.22. The number of nitrogens with zero attached hydrogens (tertiary/aromatic N) is 3. The van der Waals surface area contributed by atoms with Crippen molar-refractivity contribution in [2.45, 2.75) is 43.9 Å². The SMILES string of the molecule is CNC(=O)c1cc(-c2cccnc2[C@H](Cc2cc(F)cc(F)c2)NC(=O)Cn2nc(C(F)F)c3c2C(O)C2CC32)ccc1F. The van der Waals surface area contributed by atoms with E-state index in [0.29, 0.717) is 23.6 Å². The van der Waals surface area contributed by atoms with Crippen LogP contribution in [0.4, 0.5) is 22.0 Å². The number of rotatable bonds is 9. The van der Waals surface area contributed by atoms with Gasteiger partial charge in [-0.1, -0.05) is 12.1 Å².